The van der Waals surface area contributed by atoms with Gasteiger partial charge in [-0.3, -0.25) is 9.59 Å². The third-order valence-electron chi connectivity index (χ3n) is 4.52. The third-order valence-corrected chi connectivity index (χ3v) is 4.52. The Morgan fingerprint density at radius 3 is 2.70 bits per heavy atom. The average Bonchev–Trinajstić information content (AvgIpc) is 3.18. The average molecular weight is 364 g/mol. The number of hydrogen-bond acceptors (Lipinski definition) is 3. The summed E-state index contributed by atoms with van der Waals surface area (Å²) in [5.41, 5.74) is 2.94. The molecule has 0 aliphatic carbocycles. The van der Waals surface area contributed by atoms with E-state index in [1.807, 2.05) is 31.2 Å². The van der Waals surface area contributed by atoms with Gasteiger partial charge in [0.05, 0.1) is 18.3 Å². The van der Waals surface area contributed by atoms with E-state index in [0.717, 1.165) is 16.7 Å². The van der Waals surface area contributed by atoms with Gasteiger partial charge >= 0.3 is 0 Å². The van der Waals surface area contributed by atoms with Gasteiger partial charge in [0.1, 0.15) is 17.7 Å². The number of carbonyl (C=O) groups is 2. The summed E-state index contributed by atoms with van der Waals surface area (Å²) in [6, 6.07) is 13.0. The molecule has 0 bridgehead atoms. The maximum absolute atomic E-state index is 13.7. The smallest absolute Gasteiger partial charge is 0.251 e. The molecule has 2 aromatic carbocycles. The first-order chi connectivity index (χ1) is 13.0. The molecule has 2 amide bonds. The van der Waals surface area contributed by atoms with Crippen molar-refractivity contribution >= 4 is 23.3 Å². The number of anilines is 2. The SMILES string of the molecule is Cc1ccc(-c2cnn3c2NC(=O)C3CC(=O)Nc2ccccc2F)cc1. The fourth-order valence-corrected chi connectivity index (χ4v) is 3.10. The summed E-state index contributed by atoms with van der Waals surface area (Å²) in [6.45, 7) is 2.00. The molecule has 4 rings (SSSR count). The van der Waals surface area contributed by atoms with E-state index in [9.17, 15) is 14.0 Å². The summed E-state index contributed by atoms with van der Waals surface area (Å²) in [5.74, 6) is -0.730. The molecule has 7 heteroatoms. The maximum Gasteiger partial charge on any atom is 0.251 e. The van der Waals surface area contributed by atoms with Crippen LogP contribution in [-0.2, 0) is 9.59 Å². The van der Waals surface area contributed by atoms with Crippen molar-refractivity contribution in [2.24, 2.45) is 0 Å². The molecule has 6 nitrogen and oxygen atoms in total. The molecule has 0 radical (unpaired) electrons. The highest BCUT2D eigenvalue weighted by Gasteiger charge is 2.35. The zero-order valence-corrected chi connectivity index (χ0v) is 14.6. The first-order valence-electron chi connectivity index (χ1n) is 8.53. The minimum Gasteiger partial charge on any atom is -0.324 e. The van der Waals surface area contributed by atoms with E-state index in [2.05, 4.69) is 15.7 Å². The molecule has 2 N–H and O–H groups in total. The van der Waals surface area contributed by atoms with E-state index in [1.165, 1.54) is 22.9 Å². The number of aryl methyl sites for hydroxylation is 1. The van der Waals surface area contributed by atoms with Gasteiger partial charge in [-0.1, -0.05) is 42.0 Å². The highest BCUT2D eigenvalue weighted by molar-refractivity contribution is 6.04. The number of nitrogens with one attached hydrogen (secondary N) is 2. The summed E-state index contributed by atoms with van der Waals surface area (Å²) < 4.78 is 15.2. The highest BCUT2D eigenvalue weighted by Crippen LogP contribution is 2.35. The highest BCUT2D eigenvalue weighted by atomic mass is 19.1. The first kappa shape index (κ1) is 17.0. The molecule has 1 atom stereocenters. The normalized spacial score (nSPS) is 15.3. The monoisotopic (exact) mass is 364 g/mol. The first-order valence-corrected chi connectivity index (χ1v) is 8.53. The van der Waals surface area contributed by atoms with Gasteiger partial charge in [-0.2, -0.15) is 5.10 Å². The second-order valence-corrected chi connectivity index (χ2v) is 6.45. The third kappa shape index (κ3) is 3.19. The van der Waals surface area contributed by atoms with Crippen molar-refractivity contribution in [3.63, 3.8) is 0 Å². The van der Waals surface area contributed by atoms with Crippen molar-refractivity contribution in [1.82, 2.24) is 9.78 Å². The van der Waals surface area contributed by atoms with Crippen molar-refractivity contribution < 1.29 is 14.0 Å². The van der Waals surface area contributed by atoms with Crippen LogP contribution in [0.1, 0.15) is 18.0 Å². The van der Waals surface area contributed by atoms with Crippen LogP contribution in [0.2, 0.25) is 0 Å². The molecule has 1 aromatic heterocycles. The zero-order valence-electron chi connectivity index (χ0n) is 14.6. The van der Waals surface area contributed by atoms with Crippen LogP contribution in [0.5, 0.6) is 0 Å². The molecule has 1 aliphatic rings. The predicted octanol–water partition coefficient (Wildman–Crippen LogP) is 3.52. The van der Waals surface area contributed by atoms with Crippen LogP contribution in [0.25, 0.3) is 11.1 Å². The number of rotatable bonds is 4. The Hall–Kier alpha value is -3.48. The number of fused-ring (bicyclic) bond motifs is 1. The Morgan fingerprint density at radius 2 is 1.96 bits per heavy atom. The molecule has 1 aliphatic heterocycles. The molecule has 136 valence electrons. The van der Waals surface area contributed by atoms with Crippen LogP contribution in [0, 0.1) is 12.7 Å². The van der Waals surface area contributed by atoms with Gasteiger partial charge in [0.2, 0.25) is 5.91 Å². The van der Waals surface area contributed by atoms with E-state index < -0.39 is 17.8 Å². The van der Waals surface area contributed by atoms with Crippen molar-refractivity contribution in [3.05, 3.63) is 66.1 Å². The van der Waals surface area contributed by atoms with Crippen molar-refractivity contribution in [2.45, 2.75) is 19.4 Å². The molecule has 0 saturated heterocycles. The minimum atomic E-state index is -0.772. The minimum absolute atomic E-state index is 0.0851. The van der Waals surface area contributed by atoms with Crippen LogP contribution in [0.4, 0.5) is 15.9 Å². The van der Waals surface area contributed by atoms with E-state index in [-0.39, 0.29) is 18.0 Å². The van der Waals surface area contributed by atoms with Crippen LogP contribution >= 0.6 is 0 Å². The van der Waals surface area contributed by atoms with Gasteiger partial charge < -0.3 is 10.6 Å². The van der Waals surface area contributed by atoms with Gasteiger partial charge in [0.15, 0.2) is 0 Å². The Kier molecular flexibility index (Phi) is 4.19. The second kappa shape index (κ2) is 6.68. The number of carbonyl (C=O) groups excluding carboxylic acids is 2. The Bertz CT molecular complexity index is 1030. The molecule has 3 aromatic rings. The van der Waals surface area contributed by atoms with Crippen LogP contribution in [-0.4, -0.2) is 21.6 Å². The summed E-state index contributed by atoms with van der Waals surface area (Å²) in [5, 5.41) is 9.58. The Labute approximate surface area is 155 Å². The maximum atomic E-state index is 13.7. The number of para-hydroxylation sites is 1. The number of benzene rings is 2. The van der Waals surface area contributed by atoms with Gasteiger partial charge in [-0.05, 0) is 24.6 Å². The lowest BCUT2D eigenvalue weighted by Gasteiger charge is -2.10. The summed E-state index contributed by atoms with van der Waals surface area (Å²) in [7, 11) is 0. The van der Waals surface area contributed by atoms with Gasteiger partial charge in [0, 0.05) is 5.56 Å². The van der Waals surface area contributed by atoms with Crippen LogP contribution in [0.15, 0.2) is 54.7 Å². The van der Waals surface area contributed by atoms with Crippen molar-refractivity contribution in [3.8, 4) is 11.1 Å². The Morgan fingerprint density at radius 1 is 1.22 bits per heavy atom. The number of aromatic nitrogens is 2. The quantitative estimate of drug-likeness (QED) is 0.744. The van der Waals surface area contributed by atoms with Crippen molar-refractivity contribution in [2.75, 3.05) is 10.6 Å². The lowest BCUT2D eigenvalue weighted by atomic mass is 10.1. The fraction of sp³-hybridized carbons (Fsp3) is 0.150. The lowest BCUT2D eigenvalue weighted by Crippen LogP contribution is -2.23. The van der Waals surface area contributed by atoms with Gasteiger partial charge in [-0.25, -0.2) is 9.07 Å². The molecule has 0 fully saturated rings. The molecule has 2 heterocycles. The number of nitrogens with zero attached hydrogens (tertiary/aromatic N) is 2. The molecule has 0 saturated carbocycles. The number of hydrogen-bond donors (Lipinski definition) is 2. The Balaban J connectivity index is 1.55. The van der Waals surface area contributed by atoms with Gasteiger partial charge in [-0.15, -0.1) is 0 Å². The standard InChI is InChI=1S/C20H17FN4O2/c1-12-6-8-13(9-7-12)14-11-22-25-17(20(27)24-19(14)25)10-18(26)23-16-5-3-2-4-15(16)21/h2-9,11,17H,10H2,1H3,(H,23,26)(H,24,27). The predicted molar refractivity (Wildman–Crippen MR) is 99.7 cm³/mol. The topological polar surface area (TPSA) is 76.0 Å². The summed E-state index contributed by atoms with van der Waals surface area (Å²) in [4.78, 5) is 24.7. The number of amides is 2. The lowest BCUT2D eigenvalue weighted by molar-refractivity contribution is -0.123. The van der Waals surface area contributed by atoms with E-state index in [4.69, 9.17) is 0 Å². The summed E-state index contributed by atoms with van der Waals surface area (Å²) in [6.07, 6.45) is 1.53. The molecular formula is C20H17FN4O2. The largest absolute Gasteiger partial charge is 0.324 e. The zero-order chi connectivity index (χ0) is 19.0. The number of halogens is 1. The molecular weight excluding hydrogens is 347 g/mol. The molecule has 0 spiro atoms. The van der Waals surface area contributed by atoms with E-state index >= 15 is 0 Å². The fourth-order valence-electron chi connectivity index (χ4n) is 3.10. The van der Waals surface area contributed by atoms with Crippen molar-refractivity contribution in [1.29, 1.82) is 0 Å². The summed E-state index contributed by atoms with van der Waals surface area (Å²) >= 11 is 0. The second-order valence-electron chi connectivity index (χ2n) is 6.45. The van der Waals surface area contributed by atoms with Crippen LogP contribution < -0.4 is 10.6 Å². The van der Waals surface area contributed by atoms with Gasteiger partial charge in [0.25, 0.3) is 5.91 Å². The van der Waals surface area contributed by atoms with E-state index in [0.29, 0.717) is 5.82 Å². The molecule has 1 unspecified atom stereocenters. The van der Waals surface area contributed by atoms with E-state index in [1.54, 1.807) is 12.3 Å². The van der Waals surface area contributed by atoms with Crippen LogP contribution in [0.3, 0.4) is 0 Å². The molecule has 27 heavy (non-hydrogen) atoms.